The molecular formula is C23H22ClF5N6O2. The number of nitrogens with zero attached hydrogens (tertiary/aromatic N) is 3. The molecule has 0 saturated carbocycles. The number of nitrogens with two attached hydrogens (primary N) is 1. The van der Waals surface area contributed by atoms with Crippen molar-refractivity contribution in [3.63, 3.8) is 0 Å². The maximum Gasteiger partial charge on any atom is 0.418 e. The fraction of sp³-hybridized carbons (Fsp3) is 0.304. The van der Waals surface area contributed by atoms with E-state index in [1.165, 1.54) is 12.5 Å². The van der Waals surface area contributed by atoms with Crippen molar-refractivity contribution in [1.29, 1.82) is 0 Å². The highest BCUT2D eigenvalue weighted by Gasteiger charge is 2.37. The van der Waals surface area contributed by atoms with Gasteiger partial charge in [-0.1, -0.05) is 6.07 Å². The van der Waals surface area contributed by atoms with Gasteiger partial charge in [0.2, 0.25) is 5.88 Å². The van der Waals surface area contributed by atoms with E-state index in [0.29, 0.717) is 12.7 Å². The van der Waals surface area contributed by atoms with Crippen LogP contribution in [-0.2, 0) is 6.18 Å². The Balaban J connectivity index is 0.00000380. The largest absolute Gasteiger partial charge is 0.476 e. The van der Waals surface area contributed by atoms with Crippen LogP contribution in [0.1, 0.15) is 28.9 Å². The molecule has 2 aromatic heterocycles. The normalized spacial score (nSPS) is 14.1. The van der Waals surface area contributed by atoms with Gasteiger partial charge in [-0.3, -0.25) is 4.79 Å². The molecule has 1 aliphatic rings. The van der Waals surface area contributed by atoms with Crippen LogP contribution < -0.4 is 21.1 Å². The molecule has 1 aromatic carbocycles. The summed E-state index contributed by atoms with van der Waals surface area (Å²) in [6.45, 7) is 2.04. The third kappa shape index (κ3) is 6.41. The van der Waals surface area contributed by atoms with Gasteiger partial charge in [0.05, 0.1) is 35.3 Å². The Morgan fingerprint density at radius 1 is 1.19 bits per heavy atom. The molecule has 3 aromatic rings. The standard InChI is InChI=1S/C23H21F5N6O2.ClH/c24-14-2-1-3-15(25)18(14)19-13(23(26,27)28)8-16(29)20(34-19)21(35)33-17-9-31-11-32-22(17)36-10-12-4-6-30-7-5-12;/h1-3,8-9,11-12,30H,4-7,10,29H2,(H,33,35);1H. The van der Waals surface area contributed by atoms with Crippen molar-refractivity contribution in [1.82, 2.24) is 20.3 Å². The highest BCUT2D eigenvalue weighted by Crippen LogP contribution is 2.39. The first-order valence-electron chi connectivity index (χ1n) is 10.9. The van der Waals surface area contributed by atoms with E-state index in [4.69, 9.17) is 10.5 Å². The number of carbonyl (C=O) groups excluding carboxylic acids is 1. The van der Waals surface area contributed by atoms with Gasteiger partial charge in [-0.15, -0.1) is 12.4 Å². The molecule has 198 valence electrons. The number of aromatic nitrogens is 3. The van der Waals surface area contributed by atoms with E-state index in [1.54, 1.807) is 0 Å². The number of anilines is 2. The van der Waals surface area contributed by atoms with E-state index in [9.17, 15) is 26.7 Å². The van der Waals surface area contributed by atoms with Gasteiger partial charge in [0, 0.05) is 0 Å². The Labute approximate surface area is 214 Å². The molecule has 4 rings (SSSR count). The Morgan fingerprint density at radius 3 is 2.51 bits per heavy atom. The molecule has 1 amide bonds. The number of halogens is 6. The van der Waals surface area contributed by atoms with Gasteiger partial charge in [-0.05, 0) is 50.0 Å². The van der Waals surface area contributed by atoms with Gasteiger partial charge in [-0.2, -0.15) is 18.2 Å². The predicted molar refractivity (Wildman–Crippen MR) is 127 cm³/mol. The van der Waals surface area contributed by atoms with Crippen molar-refractivity contribution in [2.75, 3.05) is 30.7 Å². The minimum Gasteiger partial charge on any atom is -0.476 e. The van der Waals surface area contributed by atoms with Crippen LogP contribution in [0.3, 0.4) is 0 Å². The van der Waals surface area contributed by atoms with Gasteiger partial charge in [0.25, 0.3) is 5.91 Å². The first-order valence-corrected chi connectivity index (χ1v) is 10.9. The molecular weight excluding hydrogens is 523 g/mol. The van der Waals surface area contributed by atoms with Crippen molar-refractivity contribution in [3.8, 4) is 17.1 Å². The smallest absolute Gasteiger partial charge is 0.418 e. The van der Waals surface area contributed by atoms with Gasteiger partial charge in [0.1, 0.15) is 23.6 Å². The second kappa shape index (κ2) is 11.6. The number of piperidine rings is 1. The van der Waals surface area contributed by atoms with Crippen molar-refractivity contribution in [2.24, 2.45) is 5.92 Å². The summed E-state index contributed by atoms with van der Waals surface area (Å²) in [4.78, 5) is 24.4. The molecule has 4 N–H and O–H groups in total. The fourth-order valence-corrected chi connectivity index (χ4v) is 3.79. The van der Waals surface area contributed by atoms with Crippen molar-refractivity contribution in [3.05, 3.63) is 59.7 Å². The summed E-state index contributed by atoms with van der Waals surface area (Å²) in [6, 6.07) is 2.97. The Kier molecular flexibility index (Phi) is 8.81. The lowest BCUT2D eigenvalue weighted by Gasteiger charge is -2.22. The number of amides is 1. The van der Waals surface area contributed by atoms with Crippen LogP contribution in [0.4, 0.5) is 33.3 Å². The lowest BCUT2D eigenvalue weighted by atomic mass is 9.99. The molecule has 0 atom stereocenters. The monoisotopic (exact) mass is 544 g/mol. The predicted octanol–water partition coefficient (Wildman–Crippen LogP) is 4.47. The quantitative estimate of drug-likeness (QED) is 0.392. The van der Waals surface area contributed by atoms with Crippen LogP contribution in [-0.4, -0.2) is 40.6 Å². The fourth-order valence-electron chi connectivity index (χ4n) is 3.79. The number of pyridine rings is 1. The Bertz CT molecular complexity index is 1250. The number of carbonyl (C=O) groups is 1. The number of hydrogen-bond acceptors (Lipinski definition) is 7. The van der Waals surface area contributed by atoms with E-state index < -0.39 is 51.9 Å². The van der Waals surface area contributed by atoms with Crippen molar-refractivity contribution < 1.29 is 31.5 Å². The van der Waals surface area contributed by atoms with Gasteiger partial charge < -0.3 is 21.1 Å². The molecule has 8 nitrogen and oxygen atoms in total. The summed E-state index contributed by atoms with van der Waals surface area (Å²) < 4.78 is 75.5. The number of nitrogens with one attached hydrogen (secondary N) is 2. The first-order chi connectivity index (χ1) is 17.1. The molecule has 0 unspecified atom stereocenters. The maximum absolute atomic E-state index is 14.4. The maximum atomic E-state index is 14.4. The van der Waals surface area contributed by atoms with Crippen LogP contribution in [0.25, 0.3) is 11.3 Å². The number of nitrogen functional groups attached to an aromatic ring is 1. The number of alkyl halides is 3. The highest BCUT2D eigenvalue weighted by atomic mass is 35.5. The molecule has 3 heterocycles. The zero-order valence-electron chi connectivity index (χ0n) is 19.1. The summed E-state index contributed by atoms with van der Waals surface area (Å²) in [6.07, 6.45) is -0.816. The zero-order chi connectivity index (χ0) is 25.9. The summed E-state index contributed by atoms with van der Waals surface area (Å²) >= 11 is 0. The van der Waals surface area contributed by atoms with Crippen LogP contribution in [0.5, 0.6) is 5.88 Å². The minimum atomic E-state index is -5.05. The molecule has 0 aliphatic carbocycles. The first kappa shape index (κ1) is 28.0. The molecule has 0 spiro atoms. The SMILES string of the molecule is Cl.Nc1cc(C(F)(F)F)c(-c2c(F)cccc2F)nc1C(=O)Nc1cncnc1OCC1CCNCC1. The second-order valence-corrected chi connectivity index (χ2v) is 8.12. The molecule has 1 fully saturated rings. The van der Waals surface area contributed by atoms with Crippen LogP contribution in [0.15, 0.2) is 36.8 Å². The number of hydrogen-bond donors (Lipinski definition) is 3. The average Bonchev–Trinajstić information content (AvgIpc) is 2.84. The number of benzene rings is 1. The van der Waals surface area contributed by atoms with Gasteiger partial charge in [-0.25, -0.2) is 18.7 Å². The van der Waals surface area contributed by atoms with E-state index >= 15 is 0 Å². The third-order valence-corrected chi connectivity index (χ3v) is 5.61. The van der Waals surface area contributed by atoms with Crippen molar-refractivity contribution in [2.45, 2.75) is 19.0 Å². The third-order valence-electron chi connectivity index (χ3n) is 5.61. The van der Waals surface area contributed by atoms with E-state index in [1.807, 2.05) is 0 Å². The topological polar surface area (TPSA) is 115 Å². The van der Waals surface area contributed by atoms with Crippen molar-refractivity contribution >= 4 is 29.7 Å². The second-order valence-electron chi connectivity index (χ2n) is 8.12. The van der Waals surface area contributed by atoms with Gasteiger partial charge in [0.15, 0.2) is 5.69 Å². The Morgan fingerprint density at radius 2 is 1.86 bits per heavy atom. The summed E-state index contributed by atoms with van der Waals surface area (Å²) in [5.41, 5.74) is 0.786. The molecule has 1 aliphatic heterocycles. The van der Waals surface area contributed by atoms with Gasteiger partial charge >= 0.3 is 6.18 Å². The molecule has 0 radical (unpaired) electrons. The Hall–Kier alpha value is -3.58. The minimum absolute atomic E-state index is 0. The molecule has 1 saturated heterocycles. The van der Waals surface area contributed by atoms with Crippen LogP contribution >= 0.6 is 12.4 Å². The summed E-state index contributed by atoms with van der Waals surface area (Å²) in [5.74, 6) is -3.29. The summed E-state index contributed by atoms with van der Waals surface area (Å²) in [7, 11) is 0. The molecule has 0 bridgehead atoms. The van der Waals surface area contributed by atoms with E-state index in [2.05, 4.69) is 25.6 Å². The lowest BCUT2D eigenvalue weighted by molar-refractivity contribution is -0.137. The van der Waals surface area contributed by atoms with Crippen LogP contribution in [0, 0.1) is 17.6 Å². The van der Waals surface area contributed by atoms with Crippen LogP contribution in [0.2, 0.25) is 0 Å². The van der Waals surface area contributed by atoms with E-state index in [-0.39, 0.29) is 29.9 Å². The van der Waals surface area contributed by atoms with E-state index in [0.717, 1.165) is 44.1 Å². The molecule has 14 heteroatoms. The highest BCUT2D eigenvalue weighted by molar-refractivity contribution is 6.07. The zero-order valence-corrected chi connectivity index (χ0v) is 19.9. The lowest BCUT2D eigenvalue weighted by Crippen LogP contribution is -2.30. The number of rotatable bonds is 6. The average molecular weight is 545 g/mol. The molecule has 37 heavy (non-hydrogen) atoms. The number of ether oxygens (including phenoxy) is 1. The summed E-state index contributed by atoms with van der Waals surface area (Å²) in [5, 5.41) is 5.64.